The topological polar surface area (TPSA) is 70.5 Å². The fourth-order valence-electron chi connectivity index (χ4n) is 3.72. The standard InChI is InChI=1S/C25H24N2O3S/c1-14(2)17-10-12-18(13-11-17)21-20(22(28)19-8-6-5-7-9-19)23(29)24(30)27(21)25-26-15(3)16(4)31-25/h5-14,21,28H,1-4H3/t21-/m0/s1. The van der Waals surface area contributed by atoms with Crippen LogP contribution in [0.3, 0.4) is 0 Å². The zero-order chi connectivity index (χ0) is 22.3. The Morgan fingerprint density at radius 1 is 1.03 bits per heavy atom. The number of aliphatic hydroxyl groups is 1. The van der Waals surface area contributed by atoms with Crippen molar-refractivity contribution in [3.05, 3.63) is 87.4 Å². The van der Waals surface area contributed by atoms with Crippen LogP contribution in [0.25, 0.3) is 5.76 Å². The van der Waals surface area contributed by atoms with Gasteiger partial charge in [-0.2, -0.15) is 0 Å². The Hall–Kier alpha value is -3.25. The van der Waals surface area contributed by atoms with E-state index in [0.717, 1.165) is 21.7 Å². The number of amides is 1. The Balaban J connectivity index is 1.93. The highest BCUT2D eigenvalue weighted by Gasteiger charge is 2.48. The van der Waals surface area contributed by atoms with E-state index in [1.807, 2.05) is 44.2 Å². The number of rotatable bonds is 4. The average molecular weight is 433 g/mol. The van der Waals surface area contributed by atoms with Crippen LogP contribution < -0.4 is 4.90 Å². The van der Waals surface area contributed by atoms with Crippen molar-refractivity contribution < 1.29 is 14.7 Å². The number of hydrogen-bond acceptors (Lipinski definition) is 5. The molecular formula is C25H24N2O3S. The number of nitrogens with zero attached hydrogens (tertiary/aromatic N) is 2. The molecule has 1 aliphatic heterocycles. The number of carbonyl (C=O) groups excluding carboxylic acids is 2. The molecule has 3 aromatic rings. The highest BCUT2D eigenvalue weighted by Crippen LogP contribution is 2.43. The van der Waals surface area contributed by atoms with Gasteiger partial charge in [0.2, 0.25) is 0 Å². The summed E-state index contributed by atoms with van der Waals surface area (Å²) < 4.78 is 0. The second-order valence-electron chi connectivity index (χ2n) is 7.99. The molecule has 2 aromatic carbocycles. The predicted molar refractivity (Wildman–Crippen MR) is 123 cm³/mol. The Bertz CT molecular complexity index is 1160. The largest absolute Gasteiger partial charge is 0.507 e. The van der Waals surface area contributed by atoms with Gasteiger partial charge < -0.3 is 5.11 Å². The van der Waals surface area contributed by atoms with Crippen molar-refractivity contribution >= 4 is 33.9 Å². The van der Waals surface area contributed by atoms with Gasteiger partial charge in [-0.1, -0.05) is 68.4 Å². The van der Waals surface area contributed by atoms with Gasteiger partial charge in [-0.15, -0.1) is 11.3 Å². The van der Waals surface area contributed by atoms with Crippen molar-refractivity contribution in [1.29, 1.82) is 0 Å². The molecule has 31 heavy (non-hydrogen) atoms. The molecule has 6 heteroatoms. The van der Waals surface area contributed by atoms with E-state index in [2.05, 4.69) is 18.8 Å². The summed E-state index contributed by atoms with van der Waals surface area (Å²) in [6, 6.07) is 15.9. The fraction of sp³-hybridized carbons (Fsp3) is 0.240. The molecule has 1 saturated heterocycles. The lowest BCUT2D eigenvalue weighted by Gasteiger charge is -2.23. The lowest BCUT2D eigenvalue weighted by molar-refractivity contribution is -0.132. The highest BCUT2D eigenvalue weighted by molar-refractivity contribution is 7.16. The minimum absolute atomic E-state index is 0.0824. The van der Waals surface area contributed by atoms with Crippen molar-refractivity contribution in [2.75, 3.05) is 4.90 Å². The molecule has 0 saturated carbocycles. The van der Waals surface area contributed by atoms with Crippen LogP contribution >= 0.6 is 11.3 Å². The van der Waals surface area contributed by atoms with Crippen molar-refractivity contribution in [3.8, 4) is 0 Å². The normalized spacial score (nSPS) is 18.2. The van der Waals surface area contributed by atoms with E-state index in [1.54, 1.807) is 24.3 Å². The number of Topliss-reactive ketones (excluding diaryl/α,β-unsaturated/α-hetero) is 1. The van der Waals surface area contributed by atoms with Crippen LogP contribution in [-0.4, -0.2) is 21.8 Å². The number of thiazole rings is 1. The molecule has 2 heterocycles. The first-order chi connectivity index (χ1) is 14.8. The summed E-state index contributed by atoms with van der Waals surface area (Å²) >= 11 is 1.37. The first kappa shape index (κ1) is 21.0. The smallest absolute Gasteiger partial charge is 0.301 e. The van der Waals surface area contributed by atoms with E-state index in [4.69, 9.17) is 0 Å². The van der Waals surface area contributed by atoms with E-state index < -0.39 is 17.7 Å². The number of hydrogen-bond donors (Lipinski definition) is 1. The minimum atomic E-state index is -0.744. The molecule has 1 amide bonds. The fourth-order valence-corrected chi connectivity index (χ4v) is 4.66. The summed E-state index contributed by atoms with van der Waals surface area (Å²) in [7, 11) is 0. The van der Waals surface area contributed by atoms with Crippen LogP contribution in [0.1, 0.15) is 53.1 Å². The molecular weight excluding hydrogens is 408 g/mol. The van der Waals surface area contributed by atoms with E-state index in [-0.39, 0.29) is 11.3 Å². The molecule has 0 bridgehead atoms. The van der Waals surface area contributed by atoms with Gasteiger partial charge in [0.25, 0.3) is 5.78 Å². The van der Waals surface area contributed by atoms with Crippen LogP contribution in [-0.2, 0) is 9.59 Å². The Kier molecular flexibility index (Phi) is 5.50. The number of aryl methyl sites for hydroxylation is 2. The lowest BCUT2D eigenvalue weighted by Crippen LogP contribution is -2.29. The lowest BCUT2D eigenvalue weighted by atomic mass is 9.93. The summed E-state index contributed by atoms with van der Waals surface area (Å²) in [6.07, 6.45) is 0. The van der Waals surface area contributed by atoms with E-state index in [1.165, 1.54) is 16.2 Å². The first-order valence-corrected chi connectivity index (χ1v) is 11.0. The number of aromatic nitrogens is 1. The average Bonchev–Trinajstić information content (AvgIpc) is 3.23. The molecule has 0 radical (unpaired) electrons. The van der Waals surface area contributed by atoms with Crippen LogP contribution in [0, 0.1) is 13.8 Å². The number of anilines is 1. The molecule has 1 aliphatic rings. The Morgan fingerprint density at radius 3 is 2.23 bits per heavy atom. The minimum Gasteiger partial charge on any atom is -0.507 e. The van der Waals surface area contributed by atoms with Crippen LogP contribution in [0.2, 0.25) is 0 Å². The second-order valence-corrected chi connectivity index (χ2v) is 9.18. The van der Waals surface area contributed by atoms with Crippen LogP contribution in [0.4, 0.5) is 5.13 Å². The predicted octanol–water partition coefficient (Wildman–Crippen LogP) is 5.51. The molecule has 1 fully saturated rings. The molecule has 0 unspecified atom stereocenters. The monoisotopic (exact) mass is 432 g/mol. The number of carbonyl (C=O) groups is 2. The van der Waals surface area contributed by atoms with E-state index in [0.29, 0.717) is 16.6 Å². The zero-order valence-electron chi connectivity index (χ0n) is 17.9. The van der Waals surface area contributed by atoms with Gasteiger partial charge in [0.15, 0.2) is 5.13 Å². The van der Waals surface area contributed by atoms with Crippen molar-refractivity contribution in [1.82, 2.24) is 4.98 Å². The van der Waals surface area contributed by atoms with Gasteiger partial charge in [0.1, 0.15) is 5.76 Å². The molecule has 1 atom stereocenters. The molecule has 158 valence electrons. The molecule has 0 aliphatic carbocycles. The van der Waals surface area contributed by atoms with Crippen molar-refractivity contribution in [3.63, 3.8) is 0 Å². The van der Waals surface area contributed by atoms with Gasteiger partial charge in [-0.3, -0.25) is 14.5 Å². The SMILES string of the molecule is Cc1nc(N2C(=O)C(=O)C(=C(O)c3ccccc3)[C@@H]2c2ccc(C(C)C)cc2)sc1C. The maximum atomic E-state index is 13.1. The van der Waals surface area contributed by atoms with E-state index >= 15 is 0 Å². The summed E-state index contributed by atoms with van der Waals surface area (Å²) in [5.41, 5.74) is 3.31. The molecule has 5 nitrogen and oxygen atoms in total. The van der Waals surface area contributed by atoms with Gasteiger partial charge in [-0.25, -0.2) is 4.98 Å². The van der Waals surface area contributed by atoms with Crippen LogP contribution in [0.5, 0.6) is 0 Å². The molecule has 4 rings (SSSR count). The maximum absolute atomic E-state index is 13.1. The highest BCUT2D eigenvalue weighted by atomic mass is 32.1. The second kappa shape index (κ2) is 8.12. The van der Waals surface area contributed by atoms with Crippen molar-refractivity contribution in [2.45, 2.75) is 39.7 Å². The summed E-state index contributed by atoms with van der Waals surface area (Å²) in [5.74, 6) is -1.20. The first-order valence-electron chi connectivity index (χ1n) is 10.2. The third kappa shape index (κ3) is 3.68. The molecule has 0 spiro atoms. The number of ketones is 1. The van der Waals surface area contributed by atoms with Gasteiger partial charge in [0.05, 0.1) is 17.3 Å². The third-order valence-corrected chi connectivity index (χ3v) is 6.71. The van der Waals surface area contributed by atoms with Crippen molar-refractivity contribution in [2.24, 2.45) is 0 Å². The van der Waals surface area contributed by atoms with Gasteiger partial charge >= 0.3 is 5.91 Å². The summed E-state index contributed by atoms with van der Waals surface area (Å²) in [6.45, 7) is 8.03. The Morgan fingerprint density at radius 2 is 1.68 bits per heavy atom. The van der Waals surface area contributed by atoms with Gasteiger partial charge in [-0.05, 0) is 30.9 Å². The summed E-state index contributed by atoms with van der Waals surface area (Å²) in [4.78, 5) is 33.2. The number of aliphatic hydroxyl groups excluding tert-OH is 1. The zero-order valence-corrected chi connectivity index (χ0v) is 18.7. The van der Waals surface area contributed by atoms with Gasteiger partial charge in [0, 0.05) is 10.4 Å². The maximum Gasteiger partial charge on any atom is 0.301 e. The number of benzene rings is 2. The summed E-state index contributed by atoms with van der Waals surface area (Å²) in [5, 5.41) is 11.5. The van der Waals surface area contributed by atoms with E-state index in [9.17, 15) is 14.7 Å². The quantitative estimate of drug-likeness (QED) is 0.335. The Labute approximate surface area is 185 Å². The molecule has 1 aromatic heterocycles. The third-order valence-electron chi connectivity index (χ3n) is 5.63. The molecule has 1 N–H and O–H groups in total. The van der Waals surface area contributed by atoms with Crippen LogP contribution in [0.15, 0.2) is 60.2 Å².